The summed E-state index contributed by atoms with van der Waals surface area (Å²) in [6.45, 7) is 3.91. The molecular weight excluding hydrogens is 350 g/mol. The Balaban J connectivity index is 1.92. The fraction of sp³-hybridized carbons (Fsp3) is 0.300. The van der Waals surface area contributed by atoms with Gasteiger partial charge in [-0.05, 0) is 50.2 Å². The second-order valence-electron chi connectivity index (χ2n) is 6.15. The minimum absolute atomic E-state index is 0.113. The second-order valence-corrected chi connectivity index (χ2v) is 6.59. The minimum atomic E-state index is -0.471. The van der Waals surface area contributed by atoms with Crippen molar-refractivity contribution in [3.8, 4) is 0 Å². The molecular formula is C20H24ClN3O2. The molecule has 0 aliphatic carbocycles. The fourth-order valence-electron chi connectivity index (χ4n) is 2.52. The monoisotopic (exact) mass is 373 g/mol. The SMILES string of the molecule is CCc1ccccc1NC(=O)CN(C)[C@@H](C)C(=O)Nc1cccc(Cl)c1. The van der Waals surface area contributed by atoms with E-state index in [1.165, 1.54) is 0 Å². The molecule has 2 amide bonds. The molecule has 0 fully saturated rings. The lowest BCUT2D eigenvalue weighted by Gasteiger charge is -2.23. The molecule has 26 heavy (non-hydrogen) atoms. The first-order valence-electron chi connectivity index (χ1n) is 8.55. The number of amides is 2. The van der Waals surface area contributed by atoms with E-state index >= 15 is 0 Å². The highest BCUT2D eigenvalue weighted by molar-refractivity contribution is 6.30. The van der Waals surface area contributed by atoms with E-state index in [9.17, 15) is 9.59 Å². The number of carbonyl (C=O) groups excluding carboxylic acids is 2. The number of para-hydroxylation sites is 1. The molecule has 0 aromatic heterocycles. The number of hydrogen-bond acceptors (Lipinski definition) is 3. The molecule has 5 nitrogen and oxygen atoms in total. The van der Waals surface area contributed by atoms with Crippen molar-refractivity contribution in [2.24, 2.45) is 0 Å². The zero-order chi connectivity index (χ0) is 19.1. The van der Waals surface area contributed by atoms with E-state index in [1.807, 2.05) is 31.2 Å². The third-order valence-electron chi connectivity index (χ3n) is 4.20. The summed E-state index contributed by atoms with van der Waals surface area (Å²) in [5.41, 5.74) is 2.52. The number of aryl methyl sites for hydroxylation is 1. The summed E-state index contributed by atoms with van der Waals surface area (Å²) in [7, 11) is 1.74. The van der Waals surface area contributed by atoms with E-state index in [2.05, 4.69) is 10.6 Å². The van der Waals surface area contributed by atoms with Gasteiger partial charge in [0.2, 0.25) is 11.8 Å². The van der Waals surface area contributed by atoms with Crippen LogP contribution in [-0.2, 0) is 16.0 Å². The first-order chi connectivity index (χ1) is 12.4. The molecule has 6 heteroatoms. The lowest BCUT2D eigenvalue weighted by atomic mass is 10.1. The number of hydrogen-bond donors (Lipinski definition) is 2. The van der Waals surface area contributed by atoms with Gasteiger partial charge in [0, 0.05) is 16.4 Å². The highest BCUT2D eigenvalue weighted by atomic mass is 35.5. The molecule has 0 aliphatic heterocycles. The highest BCUT2D eigenvalue weighted by Crippen LogP contribution is 2.16. The lowest BCUT2D eigenvalue weighted by Crippen LogP contribution is -2.43. The number of rotatable bonds is 7. The molecule has 2 rings (SSSR count). The molecule has 0 aliphatic rings. The topological polar surface area (TPSA) is 61.4 Å². The van der Waals surface area contributed by atoms with Crippen molar-refractivity contribution in [1.29, 1.82) is 0 Å². The first-order valence-corrected chi connectivity index (χ1v) is 8.93. The number of carbonyl (C=O) groups is 2. The Kier molecular flexibility index (Phi) is 7.18. The van der Waals surface area contributed by atoms with Gasteiger partial charge in [0.05, 0.1) is 12.6 Å². The molecule has 0 radical (unpaired) electrons. The molecule has 2 aromatic rings. The molecule has 0 bridgehead atoms. The Hall–Kier alpha value is -2.37. The highest BCUT2D eigenvalue weighted by Gasteiger charge is 2.20. The van der Waals surface area contributed by atoms with Crippen LogP contribution in [0.25, 0.3) is 0 Å². The maximum atomic E-state index is 12.4. The van der Waals surface area contributed by atoms with Crippen molar-refractivity contribution in [3.63, 3.8) is 0 Å². The Bertz CT molecular complexity index is 779. The predicted octanol–water partition coefficient (Wildman–Crippen LogP) is 3.80. The fourth-order valence-corrected chi connectivity index (χ4v) is 2.71. The van der Waals surface area contributed by atoms with Gasteiger partial charge < -0.3 is 10.6 Å². The second kappa shape index (κ2) is 9.36. The maximum absolute atomic E-state index is 12.4. The van der Waals surface area contributed by atoms with Crippen LogP contribution in [0.1, 0.15) is 19.4 Å². The van der Waals surface area contributed by atoms with Crippen molar-refractivity contribution in [2.75, 3.05) is 24.2 Å². The Labute approximate surface area is 159 Å². The molecule has 0 heterocycles. The van der Waals surface area contributed by atoms with E-state index in [0.717, 1.165) is 17.7 Å². The number of nitrogens with zero attached hydrogens (tertiary/aromatic N) is 1. The largest absolute Gasteiger partial charge is 0.325 e. The van der Waals surface area contributed by atoms with Gasteiger partial charge in [-0.1, -0.05) is 42.8 Å². The van der Waals surface area contributed by atoms with Crippen LogP contribution in [0.4, 0.5) is 11.4 Å². The van der Waals surface area contributed by atoms with Crippen LogP contribution in [-0.4, -0.2) is 36.3 Å². The van der Waals surface area contributed by atoms with E-state index in [1.54, 1.807) is 43.1 Å². The molecule has 138 valence electrons. The third kappa shape index (κ3) is 5.58. The van der Waals surface area contributed by atoms with Crippen LogP contribution < -0.4 is 10.6 Å². The summed E-state index contributed by atoms with van der Waals surface area (Å²) in [6.07, 6.45) is 0.838. The van der Waals surface area contributed by atoms with Gasteiger partial charge in [-0.2, -0.15) is 0 Å². The summed E-state index contributed by atoms with van der Waals surface area (Å²) in [4.78, 5) is 26.4. The summed E-state index contributed by atoms with van der Waals surface area (Å²) in [5, 5.41) is 6.27. The van der Waals surface area contributed by atoms with Crippen LogP contribution in [0.15, 0.2) is 48.5 Å². The number of anilines is 2. The average molecular weight is 374 g/mol. The zero-order valence-electron chi connectivity index (χ0n) is 15.3. The van der Waals surface area contributed by atoms with Crippen molar-refractivity contribution in [1.82, 2.24) is 4.90 Å². The molecule has 0 saturated heterocycles. The van der Waals surface area contributed by atoms with Crippen molar-refractivity contribution < 1.29 is 9.59 Å². The van der Waals surface area contributed by atoms with Crippen LogP contribution in [0.5, 0.6) is 0 Å². The predicted molar refractivity (Wildman–Crippen MR) is 107 cm³/mol. The van der Waals surface area contributed by atoms with Gasteiger partial charge in [0.25, 0.3) is 0 Å². The summed E-state index contributed by atoms with van der Waals surface area (Å²) in [5.74, 6) is -0.354. The minimum Gasteiger partial charge on any atom is -0.325 e. The Morgan fingerprint density at radius 3 is 2.54 bits per heavy atom. The van der Waals surface area contributed by atoms with Crippen molar-refractivity contribution in [3.05, 3.63) is 59.1 Å². The third-order valence-corrected chi connectivity index (χ3v) is 4.43. The quantitative estimate of drug-likeness (QED) is 0.776. The number of benzene rings is 2. The number of nitrogens with one attached hydrogen (secondary N) is 2. The van der Waals surface area contributed by atoms with Crippen LogP contribution in [0, 0.1) is 0 Å². The van der Waals surface area contributed by atoms with Crippen LogP contribution in [0.2, 0.25) is 5.02 Å². The molecule has 1 atom stereocenters. The smallest absolute Gasteiger partial charge is 0.241 e. The standard InChI is InChI=1S/C20H24ClN3O2/c1-4-15-8-5-6-11-18(15)23-19(25)13-24(3)14(2)20(26)22-17-10-7-9-16(21)12-17/h5-12,14H,4,13H2,1-3H3,(H,22,26)(H,23,25)/t14-/m0/s1. The Morgan fingerprint density at radius 2 is 1.85 bits per heavy atom. The van der Waals surface area contributed by atoms with Crippen LogP contribution in [0.3, 0.4) is 0 Å². The Morgan fingerprint density at radius 1 is 1.12 bits per heavy atom. The van der Waals surface area contributed by atoms with E-state index in [0.29, 0.717) is 10.7 Å². The van der Waals surface area contributed by atoms with Crippen molar-refractivity contribution >= 4 is 34.8 Å². The number of halogens is 1. The van der Waals surface area contributed by atoms with Gasteiger partial charge in [-0.3, -0.25) is 14.5 Å². The zero-order valence-corrected chi connectivity index (χ0v) is 16.0. The number of likely N-dealkylation sites (N-methyl/N-ethyl adjacent to an activating group) is 1. The maximum Gasteiger partial charge on any atom is 0.241 e. The van der Waals surface area contributed by atoms with Crippen LogP contribution >= 0.6 is 11.6 Å². The molecule has 0 unspecified atom stereocenters. The van der Waals surface area contributed by atoms with Gasteiger partial charge in [0.1, 0.15) is 0 Å². The van der Waals surface area contributed by atoms with Crippen molar-refractivity contribution in [2.45, 2.75) is 26.3 Å². The summed E-state index contributed by atoms with van der Waals surface area (Å²) < 4.78 is 0. The molecule has 0 saturated carbocycles. The van der Waals surface area contributed by atoms with Gasteiger partial charge in [0.15, 0.2) is 0 Å². The van der Waals surface area contributed by atoms with E-state index < -0.39 is 6.04 Å². The van der Waals surface area contributed by atoms with Gasteiger partial charge in [-0.15, -0.1) is 0 Å². The van der Waals surface area contributed by atoms with Gasteiger partial charge in [-0.25, -0.2) is 0 Å². The van der Waals surface area contributed by atoms with E-state index in [4.69, 9.17) is 11.6 Å². The molecule has 0 spiro atoms. The lowest BCUT2D eigenvalue weighted by molar-refractivity contribution is -0.122. The van der Waals surface area contributed by atoms with Gasteiger partial charge >= 0.3 is 0 Å². The average Bonchev–Trinajstić information content (AvgIpc) is 2.61. The molecule has 2 N–H and O–H groups in total. The van der Waals surface area contributed by atoms with E-state index in [-0.39, 0.29) is 18.4 Å². The first kappa shape index (κ1) is 19.9. The molecule has 2 aromatic carbocycles. The summed E-state index contributed by atoms with van der Waals surface area (Å²) in [6, 6.07) is 14.2. The summed E-state index contributed by atoms with van der Waals surface area (Å²) >= 11 is 5.93. The normalized spacial score (nSPS) is 11.9.